The molecule has 0 aromatic heterocycles. The SMILES string of the molecule is COC(=O)C(C)(C)CN1C(=O)CC(C)CC1=O. The molecule has 0 unspecified atom stereocenters. The minimum atomic E-state index is -0.860. The van der Waals surface area contributed by atoms with Crippen molar-refractivity contribution in [3.8, 4) is 0 Å². The van der Waals surface area contributed by atoms with Crippen molar-refractivity contribution in [2.45, 2.75) is 33.6 Å². The van der Waals surface area contributed by atoms with Crippen molar-refractivity contribution in [3.05, 3.63) is 0 Å². The highest BCUT2D eigenvalue weighted by atomic mass is 16.5. The van der Waals surface area contributed by atoms with Gasteiger partial charge in [0, 0.05) is 19.4 Å². The molecule has 17 heavy (non-hydrogen) atoms. The largest absolute Gasteiger partial charge is 0.469 e. The molecular weight excluding hydrogens is 222 g/mol. The van der Waals surface area contributed by atoms with E-state index < -0.39 is 11.4 Å². The number of rotatable bonds is 3. The average molecular weight is 241 g/mol. The quantitative estimate of drug-likeness (QED) is 0.545. The summed E-state index contributed by atoms with van der Waals surface area (Å²) in [5.74, 6) is -0.735. The zero-order valence-corrected chi connectivity index (χ0v) is 10.8. The van der Waals surface area contributed by atoms with Crippen LogP contribution in [-0.4, -0.2) is 36.3 Å². The Bertz CT molecular complexity index is 330. The van der Waals surface area contributed by atoms with Gasteiger partial charge in [0.25, 0.3) is 0 Å². The van der Waals surface area contributed by atoms with Crippen LogP contribution in [0.4, 0.5) is 0 Å². The Morgan fingerprint density at radius 2 is 1.82 bits per heavy atom. The fraction of sp³-hybridized carbons (Fsp3) is 0.750. The van der Waals surface area contributed by atoms with Crippen molar-refractivity contribution >= 4 is 17.8 Å². The number of carbonyl (C=O) groups is 3. The summed E-state index contributed by atoms with van der Waals surface area (Å²) in [6.07, 6.45) is 0.728. The van der Waals surface area contributed by atoms with E-state index >= 15 is 0 Å². The van der Waals surface area contributed by atoms with E-state index in [-0.39, 0.29) is 24.3 Å². The molecule has 5 heteroatoms. The van der Waals surface area contributed by atoms with Crippen LogP contribution in [0.15, 0.2) is 0 Å². The molecule has 0 radical (unpaired) electrons. The normalized spacial score (nSPS) is 18.5. The number of nitrogens with zero attached hydrogens (tertiary/aromatic N) is 1. The molecule has 2 amide bonds. The molecule has 1 aliphatic heterocycles. The van der Waals surface area contributed by atoms with Crippen LogP contribution in [-0.2, 0) is 19.1 Å². The summed E-state index contributed by atoms with van der Waals surface area (Å²) in [7, 11) is 1.30. The van der Waals surface area contributed by atoms with Gasteiger partial charge < -0.3 is 4.74 Å². The lowest BCUT2D eigenvalue weighted by molar-refractivity contribution is -0.157. The van der Waals surface area contributed by atoms with Crippen molar-refractivity contribution in [2.75, 3.05) is 13.7 Å². The second-order valence-corrected chi connectivity index (χ2v) is 5.26. The highest BCUT2D eigenvalue weighted by molar-refractivity contribution is 5.98. The number of amides is 2. The van der Waals surface area contributed by atoms with Gasteiger partial charge in [-0.2, -0.15) is 0 Å². The van der Waals surface area contributed by atoms with Crippen LogP contribution < -0.4 is 0 Å². The number of ether oxygens (including phenoxy) is 1. The Kier molecular flexibility index (Phi) is 3.91. The Balaban J connectivity index is 2.77. The van der Waals surface area contributed by atoms with Crippen molar-refractivity contribution < 1.29 is 19.1 Å². The molecule has 5 nitrogen and oxygen atoms in total. The van der Waals surface area contributed by atoms with Crippen molar-refractivity contribution in [1.29, 1.82) is 0 Å². The topological polar surface area (TPSA) is 63.7 Å². The lowest BCUT2D eigenvalue weighted by atomic mass is 9.90. The average Bonchev–Trinajstić information content (AvgIpc) is 2.22. The molecule has 0 aliphatic carbocycles. The summed E-state index contributed by atoms with van der Waals surface area (Å²) in [4.78, 5) is 36.2. The number of carbonyl (C=O) groups excluding carboxylic acids is 3. The van der Waals surface area contributed by atoms with Crippen LogP contribution in [0, 0.1) is 11.3 Å². The molecule has 1 fully saturated rings. The monoisotopic (exact) mass is 241 g/mol. The van der Waals surface area contributed by atoms with Gasteiger partial charge in [0.1, 0.15) is 0 Å². The summed E-state index contributed by atoms with van der Waals surface area (Å²) >= 11 is 0. The zero-order chi connectivity index (χ0) is 13.2. The molecule has 1 rings (SSSR count). The van der Waals surface area contributed by atoms with E-state index in [2.05, 4.69) is 4.74 Å². The van der Waals surface area contributed by atoms with Gasteiger partial charge in [-0.05, 0) is 19.8 Å². The standard InChI is InChI=1S/C12H19NO4/c1-8-5-9(14)13(10(15)6-8)7-12(2,3)11(16)17-4/h8H,5-7H2,1-4H3. The Hall–Kier alpha value is -1.39. The molecule has 0 spiro atoms. The number of hydrogen-bond donors (Lipinski definition) is 0. The summed E-state index contributed by atoms with van der Waals surface area (Å²) in [6.45, 7) is 5.29. The summed E-state index contributed by atoms with van der Waals surface area (Å²) < 4.78 is 4.66. The second kappa shape index (κ2) is 4.85. The molecule has 0 N–H and O–H groups in total. The minimum absolute atomic E-state index is 0.0874. The third-order valence-corrected chi connectivity index (χ3v) is 2.94. The number of esters is 1. The van der Waals surface area contributed by atoms with E-state index in [0.717, 1.165) is 0 Å². The van der Waals surface area contributed by atoms with E-state index in [1.807, 2.05) is 6.92 Å². The number of piperidine rings is 1. The third-order valence-electron chi connectivity index (χ3n) is 2.94. The number of hydrogen-bond acceptors (Lipinski definition) is 4. The van der Waals surface area contributed by atoms with Crippen LogP contribution in [0.5, 0.6) is 0 Å². The molecule has 0 bridgehead atoms. The number of methoxy groups -OCH3 is 1. The molecule has 0 aromatic carbocycles. The van der Waals surface area contributed by atoms with Gasteiger partial charge in [-0.3, -0.25) is 19.3 Å². The first kappa shape index (κ1) is 13.7. The molecule has 0 aromatic rings. The third kappa shape index (κ3) is 3.05. The van der Waals surface area contributed by atoms with Gasteiger partial charge in [0.15, 0.2) is 0 Å². The summed E-state index contributed by atoms with van der Waals surface area (Å²) in [5.41, 5.74) is -0.860. The second-order valence-electron chi connectivity index (χ2n) is 5.26. The predicted octanol–water partition coefficient (Wildman–Crippen LogP) is 0.971. The van der Waals surface area contributed by atoms with E-state index in [1.54, 1.807) is 13.8 Å². The van der Waals surface area contributed by atoms with Crippen molar-refractivity contribution in [2.24, 2.45) is 11.3 Å². The maximum atomic E-state index is 11.8. The number of imide groups is 1. The van der Waals surface area contributed by atoms with Crippen molar-refractivity contribution in [3.63, 3.8) is 0 Å². The van der Waals surface area contributed by atoms with Crippen LogP contribution >= 0.6 is 0 Å². The molecule has 1 saturated heterocycles. The van der Waals surface area contributed by atoms with Gasteiger partial charge >= 0.3 is 5.97 Å². The predicted molar refractivity (Wildman–Crippen MR) is 60.9 cm³/mol. The van der Waals surface area contributed by atoms with Gasteiger partial charge in [0.2, 0.25) is 11.8 Å². The fourth-order valence-electron chi connectivity index (χ4n) is 1.94. The van der Waals surface area contributed by atoms with Crippen LogP contribution in [0.3, 0.4) is 0 Å². The van der Waals surface area contributed by atoms with Gasteiger partial charge in [0.05, 0.1) is 12.5 Å². The molecule has 0 atom stereocenters. The maximum Gasteiger partial charge on any atom is 0.313 e. The maximum absolute atomic E-state index is 11.8. The van der Waals surface area contributed by atoms with E-state index in [9.17, 15) is 14.4 Å². The smallest absolute Gasteiger partial charge is 0.313 e. The van der Waals surface area contributed by atoms with Crippen LogP contribution in [0.2, 0.25) is 0 Å². The van der Waals surface area contributed by atoms with E-state index in [1.165, 1.54) is 12.0 Å². The fourth-order valence-corrected chi connectivity index (χ4v) is 1.94. The van der Waals surface area contributed by atoms with Crippen LogP contribution in [0.1, 0.15) is 33.6 Å². The first-order chi connectivity index (χ1) is 7.77. The first-order valence-corrected chi connectivity index (χ1v) is 5.69. The van der Waals surface area contributed by atoms with E-state index in [4.69, 9.17) is 0 Å². The minimum Gasteiger partial charge on any atom is -0.469 e. The molecule has 1 aliphatic rings. The Morgan fingerprint density at radius 3 is 2.24 bits per heavy atom. The van der Waals surface area contributed by atoms with E-state index in [0.29, 0.717) is 12.8 Å². The lowest BCUT2D eigenvalue weighted by Gasteiger charge is -2.33. The lowest BCUT2D eigenvalue weighted by Crippen LogP contribution is -2.49. The van der Waals surface area contributed by atoms with Crippen LogP contribution in [0.25, 0.3) is 0 Å². The highest BCUT2D eigenvalue weighted by Gasteiger charge is 2.38. The Labute approximate surface area is 101 Å². The molecule has 96 valence electrons. The Morgan fingerprint density at radius 1 is 1.35 bits per heavy atom. The van der Waals surface area contributed by atoms with Gasteiger partial charge in [-0.25, -0.2) is 0 Å². The first-order valence-electron chi connectivity index (χ1n) is 5.69. The zero-order valence-electron chi connectivity index (χ0n) is 10.8. The summed E-state index contributed by atoms with van der Waals surface area (Å²) in [5, 5.41) is 0. The molecule has 0 saturated carbocycles. The van der Waals surface area contributed by atoms with Gasteiger partial charge in [-0.15, -0.1) is 0 Å². The van der Waals surface area contributed by atoms with Gasteiger partial charge in [-0.1, -0.05) is 6.92 Å². The summed E-state index contributed by atoms with van der Waals surface area (Å²) in [6, 6.07) is 0. The number of likely N-dealkylation sites (tertiary alicyclic amines) is 1. The molecular formula is C12H19NO4. The van der Waals surface area contributed by atoms with Crippen molar-refractivity contribution in [1.82, 2.24) is 4.90 Å². The highest BCUT2D eigenvalue weighted by Crippen LogP contribution is 2.25. The molecule has 1 heterocycles.